The molecule has 1 aromatic rings. The predicted molar refractivity (Wildman–Crippen MR) is 81.3 cm³/mol. The Hall–Kier alpha value is -1.83. The molecule has 0 fully saturated rings. The zero-order chi connectivity index (χ0) is 14.1. The van der Waals surface area contributed by atoms with Gasteiger partial charge in [0, 0.05) is 12.1 Å². The number of benzene rings is 1. The molecule has 0 atom stereocenters. The van der Waals surface area contributed by atoms with Crippen molar-refractivity contribution in [1.29, 1.82) is 0 Å². The van der Waals surface area contributed by atoms with Gasteiger partial charge in [-0.1, -0.05) is 49.8 Å². The minimum atomic E-state index is -0.00938. The molecule has 2 heteroatoms. The third-order valence-electron chi connectivity index (χ3n) is 2.84. The zero-order valence-electron chi connectivity index (χ0n) is 12.1. The zero-order valence-corrected chi connectivity index (χ0v) is 12.1. The van der Waals surface area contributed by atoms with Gasteiger partial charge in [0.05, 0.1) is 0 Å². The van der Waals surface area contributed by atoms with Crippen LogP contribution in [0.1, 0.15) is 42.6 Å². The molecule has 102 valence electrons. The van der Waals surface area contributed by atoms with Gasteiger partial charge in [-0.05, 0) is 37.5 Å². The van der Waals surface area contributed by atoms with Crippen LogP contribution in [0.25, 0.3) is 0 Å². The molecule has 1 N–H and O–H groups in total. The van der Waals surface area contributed by atoms with Crippen molar-refractivity contribution >= 4 is 5.91 Å². The highest BCUT2D eigenvalue weighted by molar-refractivity contribution is 5.94. The van der Waals surface area contributed by atoms with Gasteiger partial charge in [-0.25, -0.2) is 0 Å². The third-order valence-corrected chi connectivity index (χ3v) is 2.84. The molecule has 19 heavy (non-hydrogen) atoms. The number of allylic oxidation sites excluding steroid dienone is 2. The lowest BCUT2D eigenvalue weighted by Crippen LogP contribution is -2.25. The monoisotopic (exact) mass is 257 g/mol. The van der Waals surface area contributed by atoms with Crippen LogP contribution in [0.5, 0.6) is 0 Å². The second kappa shape index (κ2) is 8.30. The molecule has 0 bridgehead atoms. The van der Waals surface area contributed by atoms with Crippen molar-refractivity contribution < 1.29 is 4.79 Å². The molecule has 2 nitrogen and oxygen atoms in total. The summed E-state index contributed by atoms with van der Waals surface area (Å²) in [5.41, 5.74) is 3.08. The maximum atomic E-state index is 11.8. The Morgan fingerprint density at radius 2 is 1.84 bits per heavy atom. The molecule has 0 unspecified atom stereocenters. The molecule has 0 saturated carbocycles. The maximum Gasteiger partial charge on any atom is 0.251 e. The molecule has 0 heterocycles. The topological polar surface area (TPSA) is 29.1 Å². The van der Waals surface area contributed by atoms with Crippen LogP contribution in [0.3, 0.4) is 0 Å². The van der Waals surface area contributed by atoms with Crippen molar-refractivity contribution in [2.24, 2.45) is 0 Å². The molecular weight excluding hydrogens is 234 g/mol. The SMILES string of the molecule is CC.Cc1ccc(C(=O)NCC2=CCCC=C2)cc1. The second-order valence-electron chi connectivity index (χ2n) is 4.31. The lowest BCUT2D eigenvalue weighted by atomic mass is 10.1. The smallest absolute Gasteiger partial charge is 0.251 e. The maximum absolute atomic E-state index is 11.8. The Morgan fingerprint density at radius 1 is 1.16 bits per heavy atom. The molecule has 0 radical (unpaired) electrons. The van der Waals surface area contributed by atoms with E-state index < -0.39 is 0 Å². The lowest BCUT2D eigenvalue weighted by Gasteiger charge is -2.09. The van der Waals surface area contributed by atoms with Gasteiger partial charge >= 0.3 is 0 Å². The molecule has 2 rings (SSSR count). The van der Waals surface area contributed by atoms with Crippen molar-refractivity contribution in [1.82, 2.24) is 5.32 Å². The predicted octanol–water partition coefficient (Wildman–Crippen LogP) is 4.03. The van der Waals surface area contributed by atoms with Gasteiger partial charge in [-0.15, -0.1) is 0 Å². The number of aryl methyl sites for hydroxylation is 1. The summed E-state index contributed by atoms with van der Waals surface area (Å²) in [7, 11) is 0. The van der Waals surface area contributed by atoms with Gasteiger partial charge in [0.15, 0.2) is 0 Å². The largest absolute Gasteiger partial charge is 0.348 e. The van der Waals surface area contributed by atoms with E-state index in [-0.39, 0.29) is 5.91 Å². The van der Waals surface area contributed by atoms with Gasteiger partial charge in [-0.3, -0.25) is 4.79 Å². The fourth-order valence-corrected chi connectivity index (χ4v) is 1.79. The van der Waals surface area contributed by atoms with E-state index in [0.29, 0.717) is 6.54 Å². The molecule has 0 aliphatic heterocycles. The average molecular weight is 257 g/mol. The van der Waals surface area contributed by atoms with E-state index in [1.165, 1.54) is 11.1 Å². The first kappa shape index (κ1) is 15.2. The summed E-state index contributed by atoms with van der Waals surface area (Å²) in [4.78, 5) is 11.8. The van der Waals surface area contributed by atoms with Crippen LogP contribution in [0.15, 0.2) is 48.1 Å². The summed E-state index contributed by atoms with van der Waals surface area (Å²) in [6.07, 6.45) is 8.59. The van der Waals surface area contributed by atoms with Crippen molar-refractivity contribution in [3.8, 4) is 0 Å². The fraction of sp³-hybridized carbons (Fsp3) is 0.353. The molecule has 0 saturated heterocycles. The number of hydrogen-bond acceptors (Lipinski definition) is 1. The lowest BCUT2D eigenvalue weighted by molar-refractivity contribution is 0.0957. The van der Waals surface area contributed by atoms with Crippen molar-refractivity contribution in [3.63, 3.8) is 0 Å². The van der Waals surface area contributed by atoms with E-state index in [1.807, 2.05) is 45.0 Å². The van der Waals surface area contributed by atoms with E-state index in [4.69, 9.17) is 0 Å². The van der Waals surface area contributed by atoms with E-state index in [9.17, 15) is 4.79 Å². The number of amides is 1. The van der Waals surface area contributed by atoms with Gasteiger partial charge in [-0.2, -0.15) is 0 Å². The number of carbonyl (C=O) groups is 1. The van der Waals surface area contributed by atoms with Crippen LogP contribution < -0.4 is 5.32 Å². The second-order valence-corrected chi connectivity index (χ2v) is 4.31. The van der Waals surface area contributed by atoms with Crippen molar-refractivity contribution in [3.05, 3.63) is 59.2 Å². The van der Waals surface area contributed by atoms with Gasteiger partial charge in [0.25, 0.3) is 5.91 Å². The summed E-state index contributed by atoms with van der Waals surface area (Å²) in [5.74, 6) is -0.00938. The number of carbonyl (C=O) groups excluding carboxylic acids is 1. The minimum Gasteiger partial charge on any atom is -0.348 e. The van der Waals surface area contributed by atoms with Gasteiger partial charge in [0.1, 0.15) is 0 Å². The van der Waals surface area contributed by atoms with Crippen LogP contribution >= 0.6 is 0 Å². The highest BCUT2D eigenvalue weighted by atomic mass is 16.1. The molecule has 1 amide bonds. The van der Waals surface area contributed by atoms with Crippen LogP contribution in [-0.2, 0) is 0 Å². The normalized spacial score (nSPS) is 13.1. The summed E-state index contributed by atoms with van der Waals surface area (Å²) >= 11 is 0. The Balaban J connectivity index is 0.000000861. The molecule has 1 aliphatic rings. The van der Waals surface area contributed by atoms with Crippen LogP contribution in [-0.4, -0.2) is 12.5 Å². The minimum absolute atomic E-state index is 0.00938. The average Bonchev–Trinajstić information content (AvgIpc) is 2.49. The first-order valence-electron chi connectivity index (χ1n) is 6.96. The fourth-order valence-electron chi connectivity index (χ4n) is 1.79. The van der Waals surface area contributed by atoms with Crippen LogP contribution in [0.2, 0.25) is 0 Å². The highest BCUT2D eigenvalue weighted by Gasteiger charge is 2.05. The summed E-state index contributed by atoms with van der Waals surface area (Å²) in [5, 5.41) is 2.93. The third kappa shape index (κ3) is 5.12. The standard InChI is InChI=1S/C15H17NO.C2H6/c1-12-7-9-14(10-8-12)15(17)16-11-13-5-3-2-4-6-13;1-2/h3,5-10H,2,4,11H2,1H3,(H,16,17);1-2H3. The first-order valence-corrected chi connectivity index (χ1v) is 6.96. The van der Waals surface area contributed by atoms with E-state index in [1.54, 1.807) is 0 Å². The van der Waals surface area contributed by atoms with E-state index in [2.05, 4.69) is 23.5 Å². The number of rotatable bonds is 3. The quantitative estimate of drug-likeness (QED) is 0.870. The molecular formula is C17H23NO. The number of hydrogen-bond donors (Lipinski definition) is 1. The number of nitrogens with one attached hydrogen (secondary N) is 1. The molecule has 0 aromatic heterocycles. The Bertz CT molecular complexity index is 455. The van der Waals surface area contributed by atoms with Crippen molar-refractivity contribution in [2.75, 3.05) is 6.54 Å². The molecule has 1 aromatic carbocycles. The van der Waals surface area contributed by atoms with Crippen LogP contribution in [0, 0.1) is 6.92 Å². The van der Waals surface area contributed by atoms with E-state index >= 15 is 0 Å². The summed E-state index contributed by atoms with van der Waals surface area (Å²) < 4.78 is 0. The molecule has 0 spiro atoms. The summed E-state index contributed by atoms with van der Waals surface area (Å²) in [6, 6.07) is 7.62. The Kier molecular flexibility index (Phi) is 6.65. The first-order chi connectivity index (χ1) is 9.25. The Labute approximate surface area is 116 Å². The molecule has 1 aliphatic carbocycles. The summed E-state index contributed by atoms with van der Waals surface area (Å²) in [6.45, 7) is 6.63. The van der Waals surface area contributed by atoms with Crippen LogP contribution in [0.4, 0.5) is 0 Å². The highest BCUT2D eigenvalue weighted by Crippen LogP contribution is 2.09. The van der Waals surface area contributed by atoms with Gasteiger partial charge in [0.2, 0.25) is 0 Å². The Morgan fingerprint density at radius 3 is 2.42 bits per heavy atom. The van der Waals surface area contributed by atoms with Crippen molar-refractivity contribution in [2.45, 2.75) is 33.6 Å². The van der Waals surface area contributed by atoms with Gasteiger partial charge < -0.3 is 5.32 Å². The van der Waals surface area contributed by atoms with E-state index in [0.717, 1.165) is 18.4 Å².